The number of H-pyrrole nitrogens is 1. The summed E-state index contributed by atoms with van der Waals surface area (Å²) in [6, 6.07) is 0.941. The number of aromatic nitrogens is 2. The molecule has 0 fully saturated rings. The molecule has 78 valence electrons. The predicted octanol–water partition coefficient (Wildman–Crippen LogP) is 1.45. The van der Waals surface area contributed by atoms with E-state index < -0.39 is 23.2 Å². The molecule has 0 unspecified atom stereocenters. The summed E-state index contributed by atoms with van der Waals surface area (Å²) in [6.45, 7) is 0. The molecule has 1 aromatic heterocycles. The Bertz CT molecular complexity index is 561. The molecule has 0 atom stereocenters. The van der Waals surface area contributed by atoms with Crippen molar-refractivity contribution in [2.75, 3.05) is 0 Å². The molecule has 7 heteroatoms. The van der Waals surface area contributed by atoms with E-state index in [0.717, 1.165) is 0 Å². The molecule has 0 bridgehead atoms. The highest BCUT2D eigenvalue weighted by molar-refractivity contribution is 5.54. The minimum absolute atomic E-state index is 0.295. The van der Waals surface area contributed by atoms with Crippen molar-refractivity contribution < 1.29 is 17.7 Å². The lowest BCUT2D eigenvalue weighted by Crippen LogP contribution is -1.97. The summed E-state index contributed by atoms with van der Waals surface area (Å²) in [7, 11) is 0. The highest BCUT2D eigenvalue weighted by Gasteiger charge is 2.14. The van der Waals surface area contributed by atoms with Gasteiger partial charge in [0.25, 0.3) is 0 Å². The summed E-state index contributed by atoms with van der Waals surface area (Å²) in [4.78, 5) is 12.6. The van der Waals surface area contributed by atoms with E-state index in [-0.39, 0.29) is 11.4 Å². The molecule has 1 heterocycles. The van der Waals surface area contributed by atoms with Crippen LogP contribution in [0.15, 0.2) is 21.5 Å². The van der Waals surface area contributed by atoms with Gasteiger partial charge in [0.15, 0.2) is 17.5 Å². The van der Waals surface area contributed by atoms with Crippen molar-refractivity contribution in [1.29, 1.82) is 0 Å². The van der Waals surface area contributed by atoms with Gasteiger partial charge < -0.3 is 0 Å². The molecule has 0 saturated heterocycles. The van der Waals surface area contributed by atoms with Gasteiger partial charge in [-0.2, -0.15) is 0 Å². The Balaban J connectivity index is 2.63. The molecule has 0 aliphatic rings. The third-order valence-corrected chi connectivity index (χ3v) is 1.71. The first-order chi connectivity index (χ1) is 7.08. The van der Waals surface area contributed by atoms with E-state index in [4.69, 9.17) is 0 Å². The van der Waals surface area contributed by atoms with Crippen molar-refractivity contribution in [3.05, 3.63) is 40.1 Å². The molecule has 0 saturated carbocycles. The first-order valence-corrected chi connectivity index (χ1v) is 3.79. The van der Waals surface area contributed by atoms with Crippen molar-refractivity contribution in [3.63, 3.8) is 0 Å². The predicted molar refractivity (Wildman–Crippen MR) is 42.4 cm³/mol. The quantitative estimate of drug-likeness (QED) is 0.734. The highest BCUT2D eigenvalue weighted by Crippen LogP contribution is 2.21. The summed E-state index contributed by atoms with van der Waals surface area (Å²) in [5.41, 5.74) is -0.375. The fraction of sp³-hybridized carbons (Fsp3) is 0. The van der Waals surface area contributed by atoms with Gasteiger partial charge in [-0.15, -0.1) is 0 Å². The lowest BCUT2D eigenvalue weighted by atomic mass is 10.2. The van der Waals surface area contributed by atoms with Gasteiger partial charge in [0.1, 0.15) is 5.82 Å². The fourth-order valence-corrected chi connectivity index (χ4v) is 1.05. The average molecular weight is 216 g/mol. The van der Waals surface area contributed by atoms with Gasteiger partial charge in [-0.25, -0.2) is 18.0 Å². The van der Waals surface area contributed by atoms with Gasteiger partial charge >= 0.3 is 5.76 Å². The molecular formula is C8H3F3N2O2. The Morgan fingerprint density at radius 2 is 1.80 bits per heavy atom. The zero-order valence-corrected chi connectivity index (χ0v) is 7.05. The first-order valence-electron chi connectivity index (χ1n) is 3.79. The smallest absolute Gasteiger partial charge is 0.296 e. The van der Waals surface area contributed by atoms with E-state index in [0.29, 0.717) is 12.1 Å². The highest BCUT2D eigenvalue weighted by atomic mass is 19.2. The summed E-state index contributed by atoms with van der Waals surface area (Å²) in [5, 5.41) is 3.15. The molecule has 0 amide bonds. The van der Waals surface area contributed by atoms with Gasteiger partial charge in [-0.1, -0.05) is 5.16 Å². The fourth-order valence-electron chi connectivity index (χ4n) is 1.05. The number of hydrogen-bond donors (Lipinski definition) is 1. The number of hydrogen-bond acceptors (Lipinski definition) is 3. The van der Waals surface area contributed by atoms with Crippen molar-refractivity contribution in [3.8, 4) is 11.4 Å². The van der Waals surface area contributed by atoms with E-state index in [1.54, 1.807) is 0 Å². The van der Waals surface area contributed by atoms with Crippen LogP contribution in [0.5, 0.6) is 0 Å². The van der Waals surface area contributed by atoms with Crippen LogP contribution in [0.25, 0.3) is 11.4 Å². The average Bonchev–Trinajstić information content (AvgIpc) is 2.58. The molecule has 0 radical (unpaired) electrons. The van der Waals surface area contributed by atoms with Crippen molar-refractivity contribution in [2.45, 2.75) is 0 Å². The second-order valence-electron chi connectivity index (χ2n) is 2.69. The SMILES string of the molecule is O=c1[nH]c(-c2cc(F)c(F)cc2F)no1. The second-order valence-corrected chi connectivity index (χ2v) is 2.69. The Labute approximate surface area is 80.3 Å². The zero-order chi connectivity index (χ0) is 11.0. The molecule has 1 N–H and O–H groups in total. The van der Waals surface area contributed by atoms with Crippen molar-refractivity contribution in [1.82, 2.24) is 10.1 Å². The van der Waals surface area contributed by atoms with Crippen LogP contribution in [0.4, 0.5) is 13.2 Å². The summed E-state index contributed by atoms with van der Waals surface area (Å²) < 4.78 is 42.5. The van der Waals surface area contributed by atoms with Crippen molar-refractivity contribution >= 4 is 0 Å². The van der Waals surface area contributed by atoms with E-state index in [9.17, 15) is 18.0 Å². The topological polar surface area (TPSA) is 58.9 Å². The van der Waals surface area contributed by atoms with E-state index in [1.807, 2.05) is 4.98 Å². The maximum absolute atomic E-state index is 13.1. The number of nitrogens with zero attached hydrogens (tertiary/aromatic N) is 1. The molecule has 1 aromatic carbocycles. The summed E-state index contributed by atoms with van der Waals surface area (Å²) in [6.07, 6.45) is 0. The molecule has 2 aromatic rings. The molecular weight excluding hydrogens is 213 g/mol. The summed E-state index contributed by atoms with van der Waals surface area (Å²) >= 11 is 0. The van der Waals surface area contributed by atoms with Crippen LogP contribution >= 0.6 is 0 Å². The van der Waals surface area contributed by atoms with Crippen LogP contribution in [-0.2, 0) is 0 Å². The minimum Gasteiger partial charge on any atom is -0.296 e. The van der Waals surface area contributed by atoms with Crippen LogP contribution in [-0.4, -0.2) is 10.1 Å². The molecule has 0 aliphatic heterocycles. The third-order valence-electron chi connectivity index (χ3n) is 1.71. The number of benzene rings is 1. The maximum Gasteiger partial charge on any atom is 0.439 e. The van der Waals surface area contributed by atoms with Crippen molar-refractivity contribution in [2.24, 2.45) is 0 Å². The Morgan fingerprint density at radius 3 is 2.40 bits per heavy atom. The monoisotopic (exact) mass is 216 g/mol. The molecule has 0 aliphatic carbocycles. The Morgan fingerprint density at radius 1 is 1.13 bits per heavy atom. The molecule has 0 spiro atoms. The molecule has 2 rings (SSSR count). The van der Waals surface area contributed by atoms with Gasteiger partial charge in [0.2, 0.25) is 0 Å². The van der Waals surface area contributed by atoms with Crippen LogP contribution in [0.2, 0.25) is 0 Å². The number of aromatic amines is 1. The number of rotatable bonds is 1. The van der Waals surface area contributed by atoms with E-state index >= 15 is 0 Å². The lowest BCUT2D eigenvalue weighted by Gasteiger charge is -1.98. The lowest BCUT2D eigenvalue weighted by molar-refractivity contribution is 0.387. The summed E-state index contributed by atoms with van der Waals surface area (Å²) in [5.74, 6) is -4.80. The third kappa shape index (κ3) is 1.63. The standard InChI is InChI=1S/C8H3F3N2O2/c9-4-2-6(11)5(10)1-3(4)7-12-8(14)15-13-7/h1-2H,(H,12,13,14). The van der Waals surface area contributed by atoms with E-state index in [2.05, 4.69) is 9.68 Å². The molecule has 4 nitrogen and oxygen atoms in total. The van der Waals surface area contributed by atoms with Crippen LogP contribution < -0.4 is 5.76 Å². The number of halogens is 3. The normalized spacial score (nSPS) is 10.6. The largest absolute Gasteiger partial charge is 0.439 e. The minimum atomic E-state index is -1.32. The second kappa shape index (κ2) is 3.26. The van der Waals surface area contributed by atoms with E-state index in [1.165, 1.54) is 0 Å². The van der Waals surface area contributed by atoms with Crippen LogP contribution in [0.3, 0.4) is 0 Å². The zero-order valence-electron chi connectivity index (χ0n) is 7.05. The van der Waals surface area contributed by atoms with Gasteiger partial charge in [0, 0.05) is 6.07 Å². The Kier molecular flexibility index (Phi) is 2.07. The van der Waals surface area contributed by atoms with Gasteiger partial charge in [-0.3, -0.25) is 9.51 Å². The maximum atomic E-state index is 13.1. The van der Waals surface area contributed by atoms with Gasteiger partial charge in [0.05, 0.1) is 5.56 Å². The van der Waals surface area contributed by atoms with Crippen LogP contribution in [0.1, 0.15) is 0 Å². The first kappa shape index (κ1) is 9.50. The van der Waals surface area contributed by atoms with Gasteiger partial charge in [-0.05, 0) is 6.07 Å². The van der Waals surface area contributed by atoms with Crippen LogP contribution in [0, 0.1) is 17.5 Å². The molecule has 15 heavy (non-hydrogen) atoms. The Hall–Kier alpha value is -2.05. The number of nitrogens with one attached hydrogen (secondary N) is 1.